The zero-order valence-corrected chi connectivity index (χ0v) is 16.2. The van der Waals surface area contributed by atoms with Crippen molar-refractivity contribution < 1.29 is 14.3 Å². The van der Waals surface area contributed by atoms with E-state index in [0.29, 0.717) is 22.2 Å². The van der Waals surface area contributed by atoms with Crippen LogP contribution in [0.1, 0.15) is 15.9 Å². The van der Waals surface area contributed by atoms with Crippen LogP contribution in [0, 0.1) is 0 Å². The number of carbonyl (C=O) groups excluding carboxylic acids is 1. The van der Waals surface area contributed by atoms with Crippen LogP contribution in [0.15, 0.2) is 65.6 Å². The second-order valence-corrected chi connectivity index (χ2v) is 6.37. The minimum absolute atomic E-state index is 0.0134. The van der Waals surface area contributed by atoms with Crippen molar-refractivity contribution in [2.24, 2.45) is 0 Å². The van der Waals surface area contributed by atoms with E-state index in [2.05, 4.69) is 5.32 Å². The van der Waals surface area contributed by atoms with Crippen molar-refractivity contribution in [3.05, 3.63) is 87.3 Å². The molecule has 0 unspecified atom stereocenters. The third-order valence-electron chi connectivity index (χ3n) is 4.22. The van der Waals surface area contributed by atoms with Gasteiger partial charge in [0.1, 0.15) is 17.1 Å². The van der Waals surface area contributed by atoms with Crippen molar-refractivity contribution in [1.29, 1.82) is 0 Å². The largest absolute Gasteiger partial charge is 0.497 e. The van der Waals surface area contributed by atoms with Gasteiger partial charge in [0.05, 0.1) is 26.5 Å². The maximum atomic E-state index is 12.8. The average Bonchev–Trinajstić information content (AvgIpc) is 2.71. The van der Waals surface area contributed by atoms with Crippen molar-refractivity contribution in [1.82, 2.24) is 4.57 Å². The highest BCUT2D eigenvalue weighted by Crippen LogP contribution is 2.29. The second-order valence-electron chi connectivity index (χ2n) is 5.97. The fraction of sp³-hybridized carbons (Fsp3) is 0.143. The molecule has 0 fully saturated rings. The van der Waals surface area contributed by atoms with Gasteiger partial charge < -0.3 is 19.4 Å². The molecule has 3 aromatic rings. The van der Waals surface area contributed by atoms with Crippen LogP contribution in [0.4, 0.5) is 5.69 Å². The quantitative estimate of drug-likeness (QED) is 0.685. The monoisotopic (exact) mass is 398 g/mol. The van der Waals surface area contributed by atoms with E-state index in [0.717, 1.165) is 5.56 Å². The number of nitrogens with zero attached hydrogens (tertiary/aromatic N) is 1. The molecule has 0 spiro atoms. The number of amides is 1. The molecule has 3 rings (SSSR count). The highest BCUT2D eigenvalue weighted by Gasteiger charge is 2.15. The zero-order chi connectivity index (χ0) is 20.1. The Labute approximate surface area is 167 Å². The van der Waals surface area contributed by atoms with Crippen LogP contribution in [-0.4, -0.2) is 24.7 Å². The number of aromatic nitrogens is 1. The Balaban J connectivity index is 1.89. The van der Waals surface area contributed by atoms with Gasteiger partial charge in [-0.05, 0) is 35.9 Å². The normalized spacial score (nSPS) is 10.4. The van der Waals surface area contributed by atoms with E-state index in [1.165, 1.54) is 24.9 Å². The predicted octanol–water partition coefficient (Wildman–Crippen LogP) is 3.82. The average molecular weight is 399 g/mol. The summed E-state index contributed by atoms with van der Waals surface area (Å²) < 4.78 is 11.9. The molecule has 0 aliphatic heterocycles. The van der Waals surface area contributed by atoms with Crippen molar-refractivity contribution in [2.45, 2.75) is 6.54 Å². The first-order valence-electron chi connectivity index (χ1n) is 8.49. The fourth-order valence-corrected chi connectivity index (χ4v) is 2.94. The van der Waals surface area contributed by atoms with Crippen molar-refractivity contribution in [3.8, 4) is 11.5 Å². The van der Waals surface area contributed by atoms with E-state index in [9.17, 15) is 9.59 Å². The van der Waals surface area contributed by atoms with Gasteiger partial charge in [-0.3, -0.25) is 9.59 Å². The van der Waals surface area contributed by atoms with E-state index in [1.807, 2.05) is 18.2 Å². The molecule has 0 radical (unpaired) electrons. The number of benzene rings is 2. The lowest BCUT2D eigenvalue weighted by Gasteiger charge is -2.13. The van der Waals surface area contributed by atoms with Gasteiger partial charge in [0, 0.05) is 17.3 Å². The van der Waals surface area contributed by atoms with E-state index in [4.69, 9.17) is 21.1 Å². The first-order valence-corrected chi connectivity index (χ1v) is 8.87. The summed E-state index contributed by atoms with van der Waals surface area (Å²) in [5, 5.41) is 3.27. The van der Waals surface area contributed by atoms with E-state index >= 15 is 0 Å². The minimum Gasteiger partial charge on any atom is -0.497 e. The summed E-state index contributed by atoms with van der Waals surface area (Å²) in [6, 6.07) is 15.4. The van der Waals surface area contributed by atoms with Crippen LogP contribution < -0.4 is 20.3 Å². The molecule has 6 nitrogen and oxygen atoms in total. The lowest BCUT2D eigenvalue weighted by Crippen LogP contribution is -2.29. The SMILES string of the molecule is COc1ccc(OC)c(NC(=O)c2cccn(Cc3ccccc3Cl)c2=O)c1. The third kappa shape index (κ3) is 4.18. The lowest BCUT2D eigenvalue weighted by atomic mass is 10.2. The highest BCUT2D eigenvalue weighted by atomic mass is 35.5. The van der Waals surface area contributed by atoms with Crippen LogP contribution >= 0.6 is 11.6 Å². The molecule has 0 atom stereocenters. The molecule has 1 N–H and O–H groups in total. The number of methoxy groups -OCH3 is 2. The van der Waals surface area contributed by atoms with Gasteiger partial charge in [0.2, 0.25) is 0 Å². The van der Waals surface area contributed by atoms with Gasteiger partial charge in [-0.1, -0.05) is 29.8 Å². The van der Waals surface area contributed by atoms with Crippen LogP contribution in [0.2, 0.25) is 5.02 Å². The summed E-state index contributed by atoms with van der Waals surface area (Å²) in [6.45, 7) is 0.266. The van der Waals surface area contributed by atoms with Crippen LogP contribution in [0.5, 0.6) is 11.5 Å². The first-order chi connectivity index (χ1) is 13.5. The molecular weight excluding hydrogens is 380 g/mol. The van der Waals surface area contributed by atoms with Crippen molar-refractivity contribution >= 4 is 23.2 Å². The molecule has 0 aliphatic carbocycles. The van der Waals surface area contributed by atoms with Gasteiger partial charge in [-0.15, -0.1) is 0 Å². The van der Waals surface area contributed by atoms with E-state index in [1.54, 1.807) is 36.5 Å². The molecule has 28 heavy (non-hydrogen) atoms. The van der Waals surface area contributed by atoms with Gasteiger partial charge >= 0.3 is 0 Å². The van der Waals surface area contributed by atoms with E-state index in [-0.39, 0.29) is 12.1 Å². The summed E-state index contributed by atoms with van der Waals surface area (Å²) in [4.78, 5) is 25.5. The third-order valence-corrected chi connectivity index (χ3v) is 4.59. The lowest BCUT2D eigenvalue weighted by molar-refractivity contribution is 0.102. The zero-order valence-electron chi connectivity index (χ0n) is 15.4. The summed E-state index contributed by atoms with van der Waals surface area (Å²) in [5.41, 5.74) is 0.798. The Morgan fingerprint density at radius 1 is 1.07 bits per heavy atom. The topological polar surface area (TPSA) is 69.6 Å². The number of halogens is 1. The standard InChI is InChI=1S/C21H19ClN2O4/c1-27-15-9-10-19(28-2)18(12-15)23-20(25)16-7-5-11-24(21(16)26)13-14-6-3-4-8-17(14)22/h3-12H,13H2,1-2H3,(H,23,25). The van der Waals surface area contributed by atoms with Crippen LogP contribution in [0.3, 0.4) is 0 Å². The number of carbonyl (C=O) groups is 1. The Bertz CT molecular complexity index is 1060. The first kappa shape index (κ1) is 19.5. The van der Waals surface area contributed by atoms with Crippen molar-refractivity contribution in [3.63, 3.8) is 0 Å². The number of pyridine rings is 1. The minimum atomic E-state index is -0.537. The number of ether oxygens (including phenoxy) is 2. The van der Waals surface area contributed by atoms with Gasteiger partial charge in [-0.2, -0.15) is 0 Å². The fourth-order valence-electron chi connectivity index (χ4n) is 2.75. The summed E-state index contributed by atoms with van der Waals surface area (Å²) in [6.07, 6.45) is 1.62. The maximum absolute atomic E-state index is 12.8. The smallest absolute Gasteiger partial charge is 0.263 e. The Hall–Kier alpha value is -3.25. The predicted molar refractivity (Wildman–Crippen MR) is 109 cm³/mol. The molecule has 0 saturated carbocycles. The molecule has 2 aromatic carbocycles. The number of nitrogens with one attached hydrogen (secondary N) is 1. The Morgan fingerprint density at radius 2 is 1.86 bits per heavy atom. The summed E-state index contributed by atoms with van der Waals surface area (Å²) in [5.74, 6) is 0.479. The Kier molecular flexibility index (Phi) is 6.01. The van der Waals surface area contributed by atoms with Gasteiger partial charge in [0.15, 0.2) is 0 Å². The summed E-state index contributed by atoms with van der Waals surface area (Å²) in [7, 11) is 3.02. The molecule has 1 heterocycles. The summed E-state index contributed by atoms with van der Waals surface area (Å²) >= 11 is 6.18. The van der Waals surface area contributed by atoms with Crippen molar-refractivity contribution in [2.75, 3.05) is 19.5 Å². The number of anilines is 1. The van der Waals surface area contributed by atoms with E-state index < -0.39 is 11.5 Å². The molecule has 1 aromatic heterocycles. The molecule has 0 bridgehead atoms. The molecule has 0 saturated heterocycles. The second kappa shape index (κ2) is 8.63. The molecular formula is C21H19ClN2O4. The number of hydrogen-bond donors (Lipinski definition) is 1. The molecule has 1 amide bonds. The maximum Gasteiger partial charge on any atom is 0.263 e. The van der Waals surface area contributed by atoms with Gasteiger partial charge in [-0.25, -0.2) is 0 Å². The number of rotatable bonds is 6. The van der Waals surface area contributed by atoms with Crippen LogP contribution in [0.25, 0.3) is 0 Å². The molecule has 0 aliphatic rings. The van der Waals surface area contributed by atoms with Crippen LogP contribution in [-0.2, 0) is 6.54 Å². The Morgan fingerprint density at radius 3 is 2.57 bits per heavy atom. The highest BCUT2D eigenvalue weighted by molar-refractivity contribution is 6.31. The molecule has 7 heteroatoms. The van der Waals surface area contributed by atoms with Gasteiger partial charge in [0.25, 0.3) is 11.5 Å². The number of hydrogen-bond acceptors (Lipinski definition) is 4. The molecule has 144 valence electrons.